The molecule has 0 fully saturated rings. The van der Waals surface area contributed by atoms with Crippen LogP contribution in [0.25, 0.3) is 0 Å². The molecule has 1 atom stereocenters. The number of carbonyl (C=O) groups is 1. The molecule has 1 aromatic heterocycles. The van der Waals surface area contributed by atoms with E-state index in [9.17, 15) is 4.79 Å². The minimum absolute atomic E-state index is 0.274. The molecule has 0 amide bonds. The molecule has 0 aliphatic carbocycles. The quantitative estimate of drug-likeness (QED) is 0.466. The molecule has 0 radical (unpaired) electrons. The van der Waals surface area contributed by atoms with Gasteiger partial charge in [-0.05, 0) is 76.3 Å². The minimum atomic E-state index is -0.690. The van der Waals surface area contributed by atoms with E-state index in [2.05, 4.69) is 26.0 Å². The van der Waals surface area contributed by atoms with Crippen molar-refractivity contribution in [3.8, 4) is 0 Å². The maximum absolute atomic E-state index is 10.6. The van der Waals surface area contributed by atoms with Crippen LogP contribution in [0.5, 0.6) is 0 Å². The fourth-order valence-electron chi connectivity index (χ4n) is 2.80. The summed E-state index contributed by atoms with van der Waals surface area (Å²) in [5, 5.41) is 8.75. The number of rotatable bonds is 12. The summed E-state index contributed by atoms with van der Waals surface area (Å²) < 4.78 is 5.07. The number of hydrogen-bond acceptors (Lipinski definition) is 2. The number of hydrogen-bond donors (Lipinski definition) is 1. The fourth-order valence-corrected chi connectivity index (χ4v) is 2.80. The van der Waals surface area contributed by atoms with Gasteiger partial charge in [0.05, 0.1) is 12.5 Å². The normalized spacial score (nSPS) is 14.0. The molecule has 0 aliphatic heterocycles. The molecule has 0 saturated heterocycles. The molecule has 3 heteroatoms. The van der Waals surface area contributed by atoms with E-state index in [1.165, 1.54) is 16.7 Å². The molecule has 0 aromatic carbocycles. The number of carboxylic acid groups (broad SMARTS) is 1. The van der Waals surface area contributed by atoms with Crippen LogP contribution in [0.4, 0.5) is 0 Å². The number of aliphatic carboxylic acids is 1. The van der Waals surface area contributed by atoms with Crippen molar-refractivity contribution >= 4 is 5.97 Å². The maximum atomic E-state index is 10.6. The molecular formula is C21H32O3. The Balaban J connectivity index is 2.14. The summed E-state index contributed by atoms with van der Waals surface area (Å²) >= 11 is 0. The Morgan fingerprint density at radius 3 is 2.58 bits per heavy atom. The average molecular weight is 332 g/mol. The van der Waals surface area contributed by atoms with Gasteiger partial charge in [-0.15, -0.1) is 0 Å². The first kappa shape index (κ1) is 20.3. The number of aryl methyl sites for hydroxylation is 1. The van der Waals surface area contributed by atoms with E-state index in [0.29, 0.717) is 0 Å². The van der Waals surface area contributed by atoms with Crippen LogP contribution in [0, 0.1) is 5.92 Å². The zero-order valence-corrected chi connectivity index (χ0v) is 15.4. The predicted octanol–water partition coefficient (Wildman–Crippen LogP) is 6.17. The van der Waals surface area contributed by atoms with Crippen LogP contribution < -0.4 is 0 Å². The molecule has 24 heavy (non-hydrogen) atoms. The van der Waals surface area contributed by atoms with E-state index in [0.717, 1.165) is 44.9 Å². The molecule has 0 bridgehead atoms. The molecule has 1 rings (SSSR count). The Morgan fingerprint density at radius 1 is 1.21 bits per heavy atom. The Morgan fingerprint density at radius 2 is 1.92 bits per heavy atom. The lowest BCUT2D eigenvalue weighted by molar-refractivity contribution is -0.138. The van der Waals surface area contributed by atoms with E-state index in [-0.39, 0.29) is 12.3 Å². The fraction of sp³-hybridized carbons (Fsp3) is 0.571. The Bertz CT molecular complexity index is 523. The highest BCUT2D eigenvalue weighted by atomic mass is 16.4. The SMILES string of the molecule is C/C(=C\CCc1ccoc1)CC/C=C(\C)CCC[C@@H](C)CC(=O)O. The van der Waals surface area contributed by atoms with E-state index in [1.807, 2.05) is 19.3 Å². The minimum Gasteiger partial charge on any atom is -0.481 e. The van der Waals surface area contributed by atoms with Crippen LogP contribution in [-0.2, 0) is 11.2 Å². The van der Waals surface area contributed by atoms with Crippen molar-refractivity contribution in [3.63, 3.8) is 0 Å². The van der Waals surface area contributed by atoms with Gasteiger partial charge < -0.3 is 9.52 Å². The van der Waals surface area contributed by atoms with Gasteiger partial charge in [-0.3, -0.25) is 4.79 Å². The average Bonchev–Trinajstić information content (AvgIpc) is 2.99. The van der Waals surface area contributed by atoms with E-state index in [4.69, 9.17) is 9.52 Å². The molecular weight excluding hydrogens is 300 g/mol. The van der Waals surface area contributed by atoms with E-state index >= 15 is 0 Å². The smallest absolute Gasteiger partial charge is 0.303 e. The van der Waals surface area contributed by atoms with Gasteiger partial charge in [-0.2, -0.15) is 0 Å². The Hall–Kier alpha value is -1.77. The lowest BCUT2D eigenvalue weighted by Gasteiger charge is -2.08. The van der Waals surface area contributed by atoms with Crippen LogP contribution >= 0.6 is 0 Å². The Labute approximate surface area is 146 Å². The Kier molecular flexibility index (Phi) is 9.90. The van der Waals surface area contributed by atoms with Gasteiger partial charge in [-0.1, -0.05) is 30.2 Å². The molecule has 134 valence electrons. The highest BCUT2D eigenvalue weighted by Crippen LogP contribution is 2.16. The largest absolute Gasteiger partial charge is 0.481 e. The molecule has 0 saturated carbocycles. The predicted molar refractivity (Wildman–Crippen MR) is 99.0 cm³/mol. The first-order valence-electron chi connectivity index (χ1n) is 9.01. The number of allylic oxidation sites excluding steroid dienone is 4. The third-order valence-corrected chi connectivity index (χ3v) is 4.33. The molecule has 1 heterocycles. The third-order valence-electron chi connectivity index (χ3n) is 4.33. The lowest BCUT2D eigenvalue weighted by Crippen LogP contribution is -2.03. The van der Waals surface area contributed by atoms with Crippen molar-refractivity contribution in [2.24, 2.45) is 5.92 Å². The molecule has 1 N–H and O–H groups in total. The van der Waals surface area contributed by atoms with Crippen LogP contribution in [0.1, 0.15) is 71.3 Å². The van der Waals surface area contributed by atoms with Gasteiger partial charge in [0, 0.05) is 6.42 Å². The molecule has 1 aromatic rings. The van der Waals surface area contributed by atoms with Gasteiger partial charge in [0.1, 0.15) is 0 Å². The number of carboxylic acids is 1. The zero-order chi connectivity index (χ0) is 17.8. The molecule has 0 spiro atoms. The summed E-state index contributed by atoms with van der Waals surface area (Å²) in [5.74, 6) is -0.416. The number of furan rings is 1. The summed E-state index contributed by atoms with van der Waals surface area (Å²) in [6.45, 7) is 6.40. The summed E-state index contributed by atoms with van der Waals surface area (Å²) in [4.78, 5) is 10.6. The third kappa shape index (κ3) is 10.1. The first-order chi connectivity index (χ1) is 11.5. The zero-order valence-electron chi connectivity index (χ0n) is 15.4. The van der Waals surface area contributed by atoms with Gasteiger partial charge in [-0.25, -0.2) is 0 Å². The van der Waals surface area contributed by atoms with Gasteiger partial charge >= 0.3 is 5.97 Å². The summed E-state index contributed by atoms with van der Waals surface area (Å²) in [6.07, 6.45) is 15.9. The summed E-state index contributed by atoms with van der Waals surface area (Å²) in [5.41, 5.74) is 4.12. The molecule has 0 aliphatic rings. The van der Waals surface area contributed by atoms with Crippen LogP contribution in [0.15, 0.2) is 46.3 Å². The van der Waals surface area contributed by atoms with Crippen molar-refractivity contribution < 1.29 is 14.3 Å². The van der Waals surface area contributed by atoms with E-state index < -0.39 is 5.97 Å². The summed E-state index contributed by atoms with van der Waals surface area (Å²) in [6, 6.07) is 2.02. The standard InChI is InChI=1S/C21H32O3/c1-17(9-5-11-19(3)15-21(22)23)7-4-8-18(2)10-6-12-20-13-14-24-16-20/h7,10,13-14,16,19H,4-6,8-9,11-12,15H2,1-3H3,(H,22,23)/b17-7+,18-10+/t19-/m1/s1. The van der Waals surface area contributed by atoms with Crippen LogP contribution in [-0.4, -0.2) is 11.1 Å². The molecule has 0 unspecified atom stereocenters. The van der Waals surface area contributed by atoms with Crippen molar-refractivity contribution in [1.29, 1.82) is 0 Å². The highest BCUT2D eigenvalue weighted by molar-refractivity contribution is 5.66. The van der Waals surface area contributed by atoms with Crippen molar-refractivity contribution in [2.75, 3.05) is 0 Å². The van der Waals surface area contributed by atoms with Crippen LogP contribution in [0.2, 0.25) is 0 Å². The van der Waals surface area contributed by atoms with Gasteiger partial charge in [0.15, 0.2) is 0 Å². The first-order valence-corrected chi connectivity index (χ1v) is 9.01. The van der Waals surface area contributed by atoms with Gasteiger partial charge in [0.25, 0.3) is 0 Å². The second kappa shape index (κ2) is 11.7. The highest BCUT2D eigenvalue weighted by Gasteiger charge is 2.06. The molecule has 3 nitrogen and oxygen atoms in total. The van der Waals surface area contributed by atoms with Crippen molar-refractivity contribution in [2.45, 2.75) is 72.1 Å². The lowest BCUT2D eigenvalue weighted by atomic mass is 9.98. The van der Waals surface area contributed by atoms with E-state index in [1.54, 1.807) is 6.26 Å². The van der Waals surface area contributed by atoms with Gasteiger partial charge in [0.2, 0.25) is 0 Å². The van der Waals surface area contributed by atoms with Crippen molar-refractivity contribution in [3.05, 3.63) is 47.5 Å². The van der Waals surface area contributed by atoms with Crippen LogP contribution in [0.3, 0.4) is 0 Å². The topological polar surface area (TPSA) is 50.4 Å². The summed E-state index contributed by atoms with van der Waals surface area (Å²) in [7, 11) is 0. The van der Waals surface area contributed by atoms with Crippen molar-refractivity contribution in [1.82, 2.24) is 0 Å². The second-order valence-corrected chi connectivity index (χ2v) is 6.91. The maximum Gasteiger partial charge on any atom is 0.303 e. The second-order valence-electron chi connectivity index (χ2n) is 6.91. The monoisotopic (exact) mass is 332 g/mol.